The van der Waals surface area contributed by atoms with Crippen molar-refractivity contribution in [2.24, 2.45) is 7.05 Å². The minimum Gasteiger partial charge on any atom is -0.480 e. The zero-order valence-electron chi connectivity index (χ0n) is 8.38. The molecule has 0 aromatic carbocycles. The molecule has 1 heterocycles. The van der Waals surface area contributed by atoms with E-state index < -0.39 is 34.4 Å². The Bertz CT molecular complexity index is 481. The standard InChI is InChI=1S/C5H6N6O6/c1-8-5(6-4(7-8)10(14)15)9(11(16)17)2-3(12)13/h2H2,1H3,(H,12,13). The molecule has 0 saturated carbocycles. The number of aliphatic carboxylic acids is 1. The predicted octanol–water partition coefficient (Wildman–Crippen LogP) is -1.19. The molecule has 0 aliphatic heterocycles. The molecule has 0 aliphatic carbocycles. The van der Waals surface area contributed by atoms with E-state index in [4.69, 9.17) is 5.11 Å². The lowest BCUT2D eigenvalue weighted by atomic mass is 10.6. The lowest BCUT2D eigenvalue weighted by Crippen LogP contribution is -2.36. The number of hydrogen-bond donors (Lipinski definition) is 1. The summed E-state index contributed by atoms with van der Waals surface area (Å²) in [5, 5.41) is 31.8. The van der Waals surface area contributed by atoms with Crippen molar-refractivity contribution in [3.8, 4) is 0 Å². The maximum atomic E-state index is 10.6. The molecular formula is C5H6N6O6. The average molecular weight is 246 g/mol. The van der Waals surface area contributed by atoms with Crippen LogP contribution in [-0.2, 0) is 11.8 Å². The minimum atomic E-state index is -1.48. The van der Waals surface area contributed by atoms with E-state index in [-0.39, 0.29) is 5.01 Å². The van der Waals surface area contributed by atoms with Gasteiger partial charge in [-0.25, -0.2) is 10.1 Å². The summed E-state index contributed by atoms with van der Waals surface area (Å²) in [4.78, 5) is 33.6. The van der Waals surface area contributed by atoms with Crippen LogP contribution in [-0.4, -0.2) is 42.3 Å². The Hall–Kier alpha value is -2.79. The summed E-state index contributed by atoms with van der Waals surface area (Å²) >= 11 is 0. The van der Waals surface area contributed by atoms with Gasteiger partial charge in [-0.2, -0.15) is 4.68 Å². The molecule has 92 valence electrons. The minimum absolute atomic E-state index is 0.141. The highest BCUT2D eigenvalue weighted by Gasteiger charge is 2.33. The Labute approximate surface area is 92.3 Å². The van der Waals surface area contributed by atoms with Crippen molar-refractivity contribution in [3.05, 3.63) is 20.2 Å². The van der Waals surface area contributed by atoms with Crippen LogP contribution in [0.3, 0.4) is 0 Å². The van der Waals surface area contributed by atoms with Gasteiger partial charge in [0.25, 0.3) is 0 Å². The molecule has 0 bridgehead atoms. The molecule has 1 N–H and O–H groups in total. The maximum absolute atomic E-state index is 10.6. The summed E-state index contributed by atoms with van der Waals surface area (Å²) in [7, 11) is 1.17. The van der Waals surface area contributed by atoms with E-state index in [1.54, 1.807) is 0 Å². The first-order valence-corrected chi connectivity index (χ1v) is 4.02. The number of nitrogens with zero attached hydrogens (tertiary/aromatic N) is 6. The third kappa shape index (κ3) is 2.61. The van der Waals surface area contributed by atoms with Gasteiger partial charge in [-0.05, 0) is 14.9 Å². The zero-order chi connectivity index (χ0) is 13.2. The van der Waals surface area contributed by atoms with Gasteiger partial charge in [0, 0.05) is 12.1 Å². The third-order valence-corrected chi connectivity index (χ3v) is 1.61. The fraction of sp³-hybridized carbons (Fsp3) is 0.400. The quantitative estimate of drug-likeness (QED) is 0.497. The number of hydrazine groups is 1. The molecule has 0 unspecified atom stereocenters. The fourth-order valence-electron chi connectivity index (χ4n) is 0.995. The van der Waals surface area contributed by atoms with Gasteiger partial charge in [-0.1, -0.05) is 0 Å². The number of rotatable bonds is 5. The Morgan fingerprint density at radius 2 is 2.12 bits per heavy atom. The molecule has 12 heteroatoms. The summed E-state index contributed by atoms with van der Waals surface area (Å²) in [6.07, 6.45) is 0. The number of carboxylic acid groups (broad SMARTS) is 1. The highest BCUT2D eigenvalue weighted by Crippen LogP contribution is 2.14. The van der Waals surface area contributed by atoms with Crippen molar-refractivity contribution in [1.29, 1.82) is 0 Å². The summed E-state index contributed by atoms with van der Waals surface area (Å²) in [5.41, 5.74) is 0. The Kier molecular flexibility index (Phi) is 3.16. The van der Waals surface area contributed by atoms with Crippen LogP contribution >= 0.6 is 0 Å². The smallest absolute Gasteiger partial charge is 0.480 e. The summed E-state index contributed by atoms with van der Waals surface area (Å²) in [5.74, 6) is -2.86. The second-order valence-electron chi connectivity index (χ2n) is 2.78. The van der Waals surface area contributed by atoms with Gasteiger partial charge >= 0.3 is 17.9 Å². The van der Waals surface area contributed by atoms with Gasteiger partial charge in [-0.3, -0.25) is 4.79 Å². The number of carbonyl (C=O) groups is 1. The molecule has 1 aromatic heterocycles. The molecule has 1 rings (SSSR count). The van der Waals surface area contributed by atoms with Gasteiger partial charge in [0.05, 0.1) is 0 Å². The van der Waals surface area contributed by atoms with Crippen LogP contribution in [0, 0.1) is 20.2 Å². The highest BCUT2D eigenvalue weighted by molar-refractivity contribution is 5.72. The van der Waals surface area contributed by atoms with E-state index in [0.29, 0.717) is 0 Å². The number of nitro groups is 2. The van der Waals surface area contributed by atoms with E-state index in [1.165, 1.54) is 7.05 Å². The van der Waals surface area contributed by atoms with E-state index in [1.807, 2.05) is 0 Å². The molecule has 17 heavy (non-hydrogen) atoms. The molecule has 0 aliphatic rings. The van der Waals surface area contributed by atoms with Crippen LogP contribution in [0.2, 0.25) is 0 Å². The van der Waals surface area contributed by atoms with Crippen molar-refractivity contribution >= 4 is 17.9 Å². The van der Waals surface area contributed by atoms with Crippen molar-refractivity contribution in [1.82, 2.24) is 14.8 Å². The van der Waals surface area contributed by atoms with E-state index >= 15 is 0 Å². The monoisotopic (exact) mass is 246 g/mol. The molecular weight excluding hydrogens is 240 g/mol. The Morgan fingerprint density at radius 3 is 2.47 bits per heavy atom. The van der Waals surface area contributed by atoms with E-state index in [0.717, 1.165) is 4.68 Å². The predicted molar refractivity (Wildman–Crippen MR) is 49.6 cm³/mol. The average Bonchev–Trinajstić information content (AvgIpc) is 2.56. The zero-order valence-corrected chi connectivity index (χ0v) is 8.38. The normalized spacial score (nSPS) is 9.94. The lowest BCUT2D eigenvalue weighted by Gasteiger charge is -2.05. The number of aromatic nitrogens is 3. The highest BCUT2D eigenvalue weighted by atomic mass is 16.7. The van der Waals surface area contributed by atoms with Crippen LogP contribution in [0.4, 0.5) is 11.9 Å². The molecule has 0 fully saturated rings. The SMILES string of the molecule is Cn1nc([N+](=O)[O-])nc1N(CC(=O)O)[N+](=O)[O-]. The first-order valence-electron chi connectivity index (χ1n) is 4.02. The number of aryl methyl sites for hydroxylation is 1. The van der Waals surface area contributed by atoms with Crippen LogP contribution < -0.4 is 5.01 Å². The maximum Gasteiger partial charge on any atom is 0.493 e. The van der Waals surface area contributed by atoms with Crippen LogP contribution in [0.25, 0.3) is 0 Å². The molecule has 0 atom stereocenters. The number of carboxylic acids is 1. The fourth-order valence-corrected chi connectivity index (χ4v) is 0.995. The second kappa shape index (κ2) is 4.38. The Morgan fingerprint density at radius 1 is 1.53 bits per heavy atom. The van der Waals surface area contributed by atoms with Crippen LogP contribution in [0.5, 0.6) is 0 Å². The first kappa shape index (κ1) is 12.3. The van der Waals surface area contributed by atoms with Crippen LogP contribution in [0.15, 0.2) is 0 Å². The van der Waals surface area contributed by atoms with Gasteiger partial charge in [0.2, 0.25) is 0 Å². The topological polar surface area (TPSA) is 158 Å². The van der Waals surface area contributed by atoms with Crippen molar-refractivity contribution in [2.75, 3.05) is 11.6 Å². The van der Waals surface area contributed by atoms with Crippen LogP contribution in [0.1, 0.15) is 0 Å². The molecule has 12 nitrogen and oxygen atoms in total. The summed E-state index contributed by atoms with van der Waals surface area (Å²) in [6, 6.07) is 0. The first-order chi connectivity index (χ1) is 7.82. The second-order valence-corrected chi connectivity index (χ2v) is 2.78. The van der Waals surface area contributed by atoms with Gasteiger partial charge in [-0.15, -0.1) is 0 Å². The van der Waals surface area contributed by atoms with Gasteiger partial charge in [0.15, 0.2) is 11.6 Å². The summed E-state index contributed by atoms with van der Waals surface area (Å²) in [6.45, 7) is -0.989. The largest absolute Gasteiger partial charge is 0.493 e. The summed E-state index contributed by atoms with van der Waals surface area (Å²) < 4.78 is 0.754. The molecule has 1 aromatic rings. The lowest BCUT2D eigenvalue weighted by molar-refractivity contribution is -0.494. The van der Waals surface area contributed by atoms with E-state index in [2.05, 4.69) is 10.1 Å². The molecule has 0 radical (unpaired) electrons. The van der Waals surface area contributed by atoms with E-state index in [9.17, 15) is 25.0 Å². The molecule has 0 amide bonds. The Balaban J connectivity index is 3.14. The number of hydrogen-bond acceptors (Lipinski definition) is 7. The number of anilines is 1. The van der Waals surface area contributed by atoms with Gasteiger partial charge < -0.3 is 15.2 Å². The molecule has 0 spiro atoms. The van der Waals surface area contributed by atoms with Crippen molar-refractivity contribution < 1.29 is 19.9 Å². The molecule has 0 saturated heterocycles. The van der Waals surface area contributed by atoms with Gasteiger partial charge in [0.1, 0.15) is 0 Å². The van der Waals surface area contributed by atoms with Crippen molar-refractivity contribution in [3.63, 3.8) is 0 Å². The third-order valence-electron chi connectivity index (χ3n) is 1.61. The van der Waals surface area contributed by atoms with Crippen molar-refractivity contribution in [2.45, 2.75) is 0 Å².